The molecule has 0 aliphatic carbocycles. The Kier molecular flexibility index (Phi) is 9.49. The zero-order chi connectivity index (χ0) is 14.0. The van der Waals surface area contributed by atoms with Gasteiger partial charge in [0.25, 0.3) is 0 Å². The van der Waals surface area contributed by atoms with Crippen molar-refractivity contribution in [3.05, 3.63) is 0 Å². The van der Waals surface area contributed by atoms with Gasteiger partial charge in [-0.1, -0.05) is 6.92 Å². The summed E-state index contributed by atoms with van der Waals surface area (Å²) in [5, 5.41) is -1.13. The van der Waals surface area contributed by atoms with Crippen molar-refractivity contribution in [2.75, 3.05) is 31.8 Å². The number of ether oxygens (including phenoxy) is 3. The summed E-state index contributed by atoms with van der Waals surface area (Å²) in [5.74, 6) is -0.979. The lowest BCUT2D eigenvalue weighted by molar-refractivity contribution is -0.158. The van der Waals surface area contributed by atoms with Gasteiger partial charge in [0, 0.05) is 0 Å². The van der Waals surface area contributed by atoms with Gasteiger partial charge in [0.15, 0.2) is 12.0 Å². The van der Waals surface area contributed by atoms with E-state index < -0.39 is 29.9 Å². The second-order valence-electron chi connectivity index (χ2n) is 2.97. The molecule has 0 bridgehead atoms. The van der Waals surface area contributed by atoms with Crippen molar-refractivity contribution in [3.63, 3.8) is 0 Å². The third-order valence-corrected chi connectivity index (χ3v) is 2.78. The van der Waals surface area contributed by atoms with Gasteiger partial charge in [0.05, 0.1) is 12.9 Å². The molecule has 8 heteroatoms. The Morgan fingerprint density at radius 2 is 1.89 bits per heavy atom. The van der Waals surface area contributed by atoms with Crippen LogP contribution in [0, 0.1) is 0 Å². The first kappa shape index (κ1) is 17.1. The summed E-state index contributed by atoms with van der Waals surface area (Å²) >= 11 is 7.02. The molecule has 1 atom stereocenters. The maximum absolute atomic E-state index is 11.2. The molecule has 0 rings (SSSR count). The van der Waals surface area contributed by atoms with Crippen LogP contribution in [0.15, 0.2) is 0 Å². The fraction of sp³-hybridized carbons (Fsp3) is 0.700. The van der Waals surface area contributed by atoms with Gasteiger partial charge in [-0.3, -0.25) is 9.59 Å². The SMILES string of the molecule is CCSCC(=O)OCC(Cl)C(=O)OCC(=O)OC. The third kappa shape index (κ3) is 8.19. The molecule has 0 aromatic carbocycles. The Balaban J connectivity index is 3.80. The van der Waals surface area contributed by atoms with Gasteiger partial charge >= 0.3 is 17.9 Å². The summed E-state index contributed by atoms with van der Waals surface area (Å²) in [6.45, 7) is 1.11. The van der Waals surface area contributed by atoms with Gasteiger partial charge in [-0.15, -0.1) is 11.6 Å². The first-order valence-corrected chi connectivity index (χ1v) is 6.71. The molecule has 0 saturated heterocycles. The summed E-state index contributed by atoms with van der Waals surface area (Å²) < 4.78 is 13.6. The Bertz CT molecular complexity index is 296. The molecule has 0 N–H and O–H groups in total. The largest absolute Gasteiger partial charge is 0.466 e. The highest BCUT2D eigenvalue weighted by molar-refractivity contribution is 7.99. The Labute approximate surface area is 114 Å². The van der Waals surface area contributed by atoms with Crippen LogP contribution < -0.4 is 0 Å². The molecule has 0 spiro atoms. The van der Waals surface area contributed by atoms with Gasteiger partial charge in [0.1, 0.15) is 6.61 Å². The summed E-state index contributed by atoms with van der Waals surface area (Å²) in [6.07, 6.45) is 0. The van der Waals surface area contributed by atoms with Crippen molar-refractivity contribution in [1.82, 2.24) is 0 Å². The smallest absolute Gasteiger partial charge is 0.344 e. The normalized spacial score (nSPS) is 11.5. The van der Waals surface area contributed by atoms with Gasteiger partial charge in [-0.2, -0.15) is 11.8 Å². The number of carbonyl (C=O) groups excluding carboxylic acids is 3. The average Bonchev–Trinajstić information content (AvgIpc) is 2.38. The van der Waals surface area contributed by atoms with E-state index in [9.17, 15) is 14.4 Å². The lowest BCUT2D eigenvalue weighted by Crippen LogP contribution is -2.27. The number of thioether (sulfide) groups is 1. The highest BCUT2D eigenvalue weighted by Gasteiger charge is 2.20. The summed E-state index contributed by atoms with van der Waals surface area (Å²) in [5.41, 5.74) is 0. The second-order valence-corrected chi connectivity index (χ2v) is 4.77. The second kappa shape index (κ2) is 10.0. The maximum atomic E-state index is 11.2. The molecule has 0 fully saturated rings. The number of carbonyl (C=O) groups is 3. The summed E-state index contributed by atoms with van der Waals surface area (Å²) in [4.78, 5) is 33.0. The van der Waals surface area contributed by atoms with Gasteiger partial charge in [-0.25, -0.2) is 4.79 Å². The molecule has 0 heterocycles. The highest BCUT2D eigenvalue weighted by Crippen LogP contribution is 2.03. The summed E-state index contributed by atoms with van der Waals surface area (Å²) in [6, 6.07) is 0. The summed E-state index contributed by atoms with van der Waals surface area (Å²) in [7, 11) is 1.17. The van der Waals surface area contributed by atoms with Crippen LogP contribution in [-0.2, 0) is 28.6 Å². The molecule has 104 valence electrons. The van der Waals surface area contributed by atoms with E-state index in [4.69, 9.17) is 16.3 Å². The van der Waals surface area contributed by atoms with Crippen molar-refractivity contribution in [3.8, 4) is 0 Å². The predicted octanol–water partition coefficient (Wildman–Crippen LogP) is 0.606. The molecular weight excluding hydrogens is 284 g/mol. The fourth-order valence-electron chi connectivity index (χ4n) is 0.741. The Morgan fingerprint density at radius 1 is 1.22 bits per heavy atom. The fourth-order valence-corrected chi connectivity index (χ4v) is 1.32. The van der Waals surface area contributed by atoms with Crippen LogP contribution in [0.5, 0.6) is 0 Å². The molecule has 0 aromatic rings. The van der Waals surface area contributed by atoms with E-state index in [0.29, 0.717) is 0 Å². The molecular formula is C10H15ClO6S. The van der Waals surface area contributed by atoms with Crippen molar-refractivity contribution < 1.29 is 28.6 Å². The quantitative estimate of drug-likeness (QED) is 0.369. The highest BCUT2D eigenvalue weighted by atomic mass is 35.5. The molecule has 0 saturated carbocycles. The number of esters is 3. The first-order valence-electron chi connectivity index (χ1n) is 5.12. The van der Waals surface area contributed by atoms with Crippen LogP contribution in [0.4, 0.5) is 0 Å². The maximum Gasteiger partial charge on any atom is 0.344 e. The van der Waals surface area contributed by atoms with Crippen molar-refractivity contribution in [2.24, 2.45) is 0 Å². The standard InChI is InChI=1S/C10H15ClO6S/c1-3-18-6-9(13)16-4-7(11)10(14)17-5-8(12)15-2/h7H,3-6H2,1-2H3. The van der Waals surface area contributed by atoms with Crippen molar-refractivity contribution in [2.45, 2.75) is 12.3 Å². The van der Waals surface area contributed by atoms with Crippen LogP contribution in [0.25, 0.3) is 0 Å². The van der Waals surface area contributed by atoms with E-state index in [1.165, 1.54) is 18.9 Å². The molecule has 0 amide bonds. The first-order chi connectivity index (χ1) is 8.51. The average molecular weight is 299 g/mol. The lowest BCUT2D eigenvalue weighted by atomic mass is 10.4. The van der Waals surface area contributed by atoms with Gasteiger partial charge < -0.3 is 14.2 Å². The molecule has 0 radical (unpaired) electrons. The lowest BCUT2D eigenvalue weighted by Gasteiger charge is -2.09. The Hall–Kier alpha value is -0.950. The van der Waals surface area contributed by atoms with E-state index in [0.717, 1.165) is 5.75 Å². The van der Waals surface area contributed by atoms with E-state index >= 15 is 0 Å². The monoisotopic (exact) mass is 298 g/mol. The zero-order valence-corrected chi connectivity index (χ0v) is 11.7. The number of hydrogen-bond acceptors (Lipinski definition) is 7. The minimum absolute atomic E-state index is 0.206. The molecule has 0 aromatic heterocycles. The molecule has 1 unspecified atom stereocenters. The topological polar surface area (TPSA) is 78.9 Å². The van der Waals surface area contributed by atoms with E-state index in [2.05, 4.69) is 9.47 Å². The third-order valence-electron chi connectivity index (χ3n) is 1.63. The number of alkyl halides is 1. The minimum Gasteiger partial charge on any atom is -0.466 e. The van der Waals surface area contributed by atoms with Crippen molar-refractivity contribution >= 4 is 41.3 Å². The van der Waals surface area contributed by atoms with Crippen LogP contribution >= 0.6 is 23.4 Å². The molecule has 0 aliphatic heterocycles. The number of hydrogen-bond donors (Lipinski definition) is 0. The van der Waals surface area contributed by atoms with E-state index in [-0.39, 0.29) is 12.4 Å². The van der Waals surface area contributed by atoms with Crippen molar-refractivity contribution in [1.29, 1.82) is 0 Å². The van der Waals surface area contributed by atoms with E-state index in [1.54, 1.807) is 0 Å². The van der Waals surface area contributed by atoms with Gasteiger partial charge in [-0.05, 0) is 5.75 Å². The number of halogens is 1. The zero-order valence-electron chi connectivity index (χ0n) is 10.1. The van der Waals surface area contributed by atoms with Crippen LogP contribution in [0.2, 0.25) is 0 Å². The molecule has 18 heavy (non-hydrogen) atoms. The van der Waals surface area contributed by atoms with Crippen LogP contribution in [0.1, 0.15) is 6.92 Å². The Morgan fingerprint density at radius 3 is 2.44 bits per heavy atom. The number of methoxy groups -OCH3 is 1. The molecule has 6 nitrogen and oxygen atoms in total. The van der Waals surface area contributed by atoms with Gasteiger partial charge in [0.2, 0.25) is 0 Å². The molecule has 0 aliphatic rings. The van der Waals surface area contributed by atoms with Crippen LogP contribution in [0.3, 0.4) is 0 Å². The van der Waals surface area contributed by atoms with Crippen LogP contribution in [-0.4, -0.2) is 55.1 Å². The minimum atomic E-state index is -1.13. The predicted molar refractivity (Wildman–Crippen MR) is 66.6 cm³/mol. The van der Waals surface area contributed by atoms with E-state index in [1.807, 2.05) is 6.92 Å². The number of rotatable bonds is 8.